The highest BCUT2D eigenvalue weighted by Crippen LogP contribution is 2.65. The average molecular weight is 272 g/mol. The topological polar surface area (TPSA) is 17.1 Å². The maximum absolute atomic E-state index is 11.8. The van der Waals surface area contributed by atoms with Crippen LogP contribution in [0.25, 0.3) is 0 Å². The Morgan fingerprint density at radius 1 is 1.00 bits per heavy atom. The van der Waals surface area contributed by atoms with E-state index in [1.165, 1.54) is 50.5 Å². The lowest BCUT2D eigenvalue weighted by atomic mass is 9.47. The molecule has 0 unspecified atom stereocenters. The molecule has 0 aromatic rings. The molecule has 110 valence electrons. The maximum atomic E-state index is 11.8. The van der Waals surface area contributed by atoms with Gasteiger partial charge in [0.05, 0.1) is 0 Å². The summed E-state index contributed by atoms with van der Waals surface area (Å²) >= 11 is 0. The minimum absolute atomic E-state index is 0.362. The molecule has 0 bridgehead atoms. The van der Waals surface area contributed by atoms with Gasteiger partial charge in [-0.3, -0.25) is 4.79 Å². The Kier molecular flexibility index (Phi) is 2.76. The van der Waals surface area contributed by atoms with Crippen molar-refractivity contribution in [2.45, 2.75) is 71.6 Å². The molecule has 4 aliphatic rings. The van der Waals surface area contributed by atoms with Gasteiger partial charge < -0.3 is 0 Å². The van der Waals surface area contributed by atoms with Gasteiger partial charge >= 0.3 is 0 Å². The van der Waals surface area contributed by atoms with Gasteiger partial charge in [-0.05, 0) is 79.6 Å². The Hall–Kier alpha value is -0.590. The van der Waals surface area contributed by atoms with Gasteiger partial charge in [0, 0.05) is 6.42 Å². The van der Waals surface area contributed by atoms with E-state index < -0.39 is 0 Å². The third kappa shape index (κ3) is 1.64. The van der Waals surface area contributed by atoms with Crippen molar-refractivity contribution in [1.29, 1.82) is 0 Å². The molecule has 0 aliphatic heterocycles. The SMILES string of the molecule is C[C@@]12CCC[C@H]1[C@H]1CCC3=CC(=O)CC[C@]3(C)[C@H]1CC2. The lowest BCUT2D eigenvalue weighted by molar-refractivity contribution is -0.117. The summed E-state index contributed by atoms with van der Waals surface area (Å²) in [6.07, 6.45) is 13.8. The predicted octanol–water partition coefficient (Wildman–Crippen LogP) is 4.91. The maximum Gasteiger partial charge on any atom is 0.155 e. The molecule has 0 N–H and O–H groups in total. The molecule has 0 saturated heterocycles. The van der Waals surface area contributed by atoms with Crippen LogP contribution in [-0.4, -0.2) is 5.78 Å². The van der Waals surface area contributed by atoms with Gasteiger partial charge in [-0.25, -0.2) is 0 Å². The first kappa shape index (κ1) is 13.1. The fraction of sp³-hybridized carbons (Fsp3) is 0.842. The monoisotopic (exact) mass is 272 g/mol. The van der Waals surface area contributed by atoms with Gasteiger partial charge in [-0.2, -0.15) is 0 Å². The second-order valence-corrected chi connectivity index (χ2v) is 8.55. The number of hydrogen-bond donors (Lipinski definition) is 0. The number of allylic oxidation sites excluding steroid dienone is 1. The number of fused-ring (bicyclic) bond motifs is 5. The summed E-state index contributed by atoms with van der Waals surface area (Å²) in [5, 5.41) is 0. The standard InChI is InChI=1S/C19H28O/c1-18-9-3-4-16(18)15-6-5-13-12-14(20)7-11-19(13,2)17(15)8-10-18/h12,15-17H,3-11H2,1-2H3/t15-,16+,17+,18+,19+/m1/s1. The number of rotatable bonds is 0. The van der Waals surface area contributed by atoms with E-state index >= 15 is 0 Å². The van der Waals surface area contributed by atoms with Crippen molar-refractivity contribution in [2.75, 3.05) is 0 Å². The first-order valence-corrected chi connectivity index (χ1v) is 8.77. The molecule has 0 spiro atoms. The van der Waals surface area contributed by atoms with Crippen LogP contribution in [0.1, 0.15) is 71.6 Å². The molecular formula is C19H28O. The van der Waals surface area contributed by atoms with Crippen LogP contribution >= 0.6 is 0 Å². The number of carbonyl (C=O) groups excluding carboxylic acids is 1. The second kappa shape index (κ2) is 4.21. The van der Waals surface area contributed by atoms with Crippen molar-refractivity contribution >= 4 is 5.78 Å². The van der Waals surface area contributed by atoms with Crippen molar-refractivity contribution in [1.82, 2.24) is 0 Å². The zero-order valence-electron chi connectivity index (χ0n) is 13.1. The second-order valence-electron chi connectivity index (χ2n) is 8.55. The summed E-state index contributed by atoms with van der Waals surface area (Å²) in [6.45, 7) is 5.05. The van der Waals surface area contributed by atoms with Crippen molar-refractivity contribution in [2.24, 2.45) is 28.6 Å². The Bertz CT molecular complexity index is 476. The minimum atomic E-state index is 0.362. The number of carbonyl (C=O) groups is 1. The van der Waals surface area contributed by atoms with Gasteiger partial charge in [0.1, 0.15) is 0 Å². The van der Waals surface area contributed by atoms with E-state index in [2.05, 4.69) is 13.8 Å². The molecule has 0 aromatic carbocycles. The van der Waals surface area contributed by atoms with E-state index in [0.29, 0.717) is 16.6 Å². The van der Waals surface area contributed by atoms with Crippen LogP contribution in [-0.2, 0) is 4.79 Å². The van der Waals surface area contributed by atoms with Crippen molar-refractivity contribution < 1.29 is 4.79 Å². The summed E-state index contributed by atoms with van der Waals surface area (Å²) in [7, 11) is 0. The lowest BCUT2D eigenvalue weighted by Gasteiger charge is -2.57. The molecule has 5 atom stereocenters. The highest BCUT2D eigenvalue weighted by Gasteiger charge is 2.55. The fourth-order valence-corrected chi connectivity index (χ4v) is 6.55. The Morgan fingerprint density at radius 2 is 1.85 bits per heavy atom. The van der Waals surface area contributed by atoms with E-state index in [1.807, 2.05) is 6.08 Å². The molecule has 0 heterocycles. The van der Waals surface area contributed by atoms with Crippen molar-refractivity contribution in [3.63, 3.8) is 0 Å². The molecule has 3 fully saturated rings. The van der Waals surface area contributed by atoms with E-state index in [-0.39, 0.29) is 0 Å². The zero-order chi connectivity index (χ0) is 14.0. The first-order valence-electron chi connectivity index (χ1n) is 8.77. The summed E-state index contributed by atoms with van der Waals surface area (Å²) in [5.74, 6) is 3.19. The van der Waals surface area contributed by atoms with Crippen LogP contribution in [0.2, 0.25) is 0 Å². The van der Waals surface area contributed by atoms with Crippen molar-refractivity contribution in [3.05, 3.63) is 11.6 Å². The summed E-state index contributed by atoms with van der Waals surface area (Å²) < 4.78 is 0. The number of hydrogen-bond acceptors (Lipinski definition) is 1. The van der Waals surface area contributed by atoms with Gasteiger partial charge in [-0.15, -0.1) is 0 Å². The molecular weight excluding hydrogens is 244 g/mol. The smallest absolute Gasteiger partial charge is 0.155 e. The fourth-order valence-electron chi connectivity index (χ4n) is 6.55. The van der Waals surface area contributed by atoms with Crippen molar-refractivity contribution in [3.8, 4) is 0 Å². The Balaban J connectivity index is 1.69. The Morgan fingerprint density at radius 3 is 2.70 bits per heavy atom. The number of ketones is 1. The molecule has 0 radical (unpaired) electrons. The zero-order valence-corrected chi connectivity index (χ0v) is 13.1. The van der Waals surface area contributed by atoms with Crippen LogP contribution in [0.4, 0.5) is 0 Å². The predicted molar refractivity (Wildman–Crippen MR) is 81.3 cm³/mol. The summed E-state index contributed by atoms with van der Waals surface area (Å²) in [6, 6.07) is 0. The molecule has 0 amide bonds. The molecule has 4 aliphatic carbocycles. The quantitative estimate of drug-likeness (QED) is 0.612. The molecule has 20 heavy (non-hydrogen) atoms. The minimum Gasteiger partial charge on any atom is -0.295 e. The van der Waals surface area contributed by atoms with Crippen LogP contribution in [0.5, 0.6) is 0 Å². The van der Waals surface area contributed by atoms with Gasteiger partial charge in [0.25, 0.3) is 0 Å². The van der Waals surface area contributed by atoms with Gasteiger partial charge in [0.2, 0.25) is 0 Å². The highest BCUT2D eigenvalue weighted by molar-refractivity contribution is 5.91. The highest BCUT2D eigenvalue weighted by atomic mass is 16.1. The van der Waals surface area contributed by atoms with Crippen LogP contribution in [0, 0.1) is 28.6 Å². The molecule has 0 aromatic heterocycles. The van der Waals surface area contributed by atoms with Crippen LogP contribution in [0.3, 0.4) is 0 Å². The molecule has 4 rings (SSSR count). The third-order valence-corrected chi connectivity index (χ3v) is 7.74. The average Bonchev–Trinajstić information content (AvgIpc) is 2.81. The van der Waals surface area contributed by atoms with E-state index in [9.17, 15) is 4.79 Å². The largest absolute Gasteiger partial charge is 0.295 e. The summed E-state index contributed by atoms with van der Waals surface area (Å²) in [5.41, 5.74) is 2.53. The molecule has 1 nitrogen and oxygen atoms in total. The van der Waals surface area contributed by atoms with Gasteiger partial charge in [0.15, 0.2) is 5.78 Å². The normalized spacial score (nSPS) is 51.0. The van der Waals surface area contributed by atoms with Crippen LogP contribution < -0.4 is 0 Å². The Labute approximate surface area is 123 Å². The van der Waals surface area contributed by atoms with E-state index in [0.717, 1.165) is 30.6 Å². The van der Waals surface area contributed by atoms with Crippen LogP contribution in [0.15, 0.2) is 11.6 Å². The first-order chi connectivity index (χ1) is 9.53. The third-order valence-electron chi connectivity index (χ3n) is 7.74. The molecule has 3 saturated carbocycles. The summed E-state index contributed by atoms with van der Waals surface area (Å²) in [4.78, 5) is 11.8. The molecule has 1 heteroatoms. The van der Waals surface area contributed by atoms with E-state index in [1.54, 1.807) is 0 Å². The lowest BCUT2D eigenvalue weighted by Crippen LogP contribution is -2.49. The van der Waals surface area contributed by atoms with E-state index in [4.69, 9.17) is 0 Å². The van der Waals surface area contributed by atoms with Gasteiger partial charge in [-0.1, -0.05) is 25.8 Å².